The largest absolute Gasteiger partial charge is 0.310 e. The smallest absolute Gasteiger partial charge is 0.137 e. The summed E-state index contributed by atoms with van der Waals surface area (Å²) in [6.07, 6.45) is 0.994. The first-order chi connectivity index (χ1) is 9.16. The summed E-state index contributed by atoms with van der Waals surface area (Å²) >= 11 is 3.22. The highest BCUT2D eigenvalue weighted by atomic mass is 79.9. The summed E-state index contributed by atoms with van der Waals surface area (Å²) < 4.78 is 13.7. The minimum atomic E-state index is -0.222. The maximum Gasteiger partial charge on any atom is 0.137 e. The van der Waals surface area contributed by atoms with E-state index in [9.17, 15) is 4.39 Å². The van der Waals surface area contributed by atoms with Crippen LogP contribution in [0.5, 0.6) is 0 Å². The van der Waals surface area contributed by atoms with Gasteiger partial charge in [-0.15, -0.1) is 0 Å². The molecule has 0 bridgehead atoms. The van der Waals surface area contributed by atoms with Gasteiger partial charge in [-0.05, 0) is 59.1 Å². The molecule has 19 heavy (non-hydrogen) atoms. The summed E-state index contributed by atoms with van der Waals surface area (Å²) in [7, 11) is 0. The Bertz CT molecular complexity index is 528. The lowest BCUT2D eigenvalue weighted by molar-refractivity contribution is 0.572. The van der Waals surface area contributed by atoms with Gasteiger partial charge in [0, 0.05) is 6.04 Å². The average Bonchev–Trinajstić information content (AvgIpc) is 2.43. The first-order valence-electron chi connectivity index (χ1n) is 6.39. The molecular weight excluding hydrogens is 305 g/mol. The van der Waals surface area contributed by atoms with Crippen molar-refractivity contribution in [2.24, 2.45) is 0 Å². The highest BCUT2D eigenvalue weighted by molar-refractivity contribution is 9.10. The van der Waals surface area contributed by atoms with Crippen molar-refractivity contribution in [2.75, 3.05) is 6.54 Å². The lowest BCUT2D eigenvalue weighted by atomic mass is 10.1. The molecule has 0 aliphatic heterocycles. The molecule has 0 saturated heterocycles. The van der Waals surface area contributed by atoms with Gasteiger partial charge in [0.2, 0.25) is 0 Å². The lowest BCUT2D eigenvalue weighted by Crippen LogP contribution is -2.21. The summed E-state index contributed by atoms with van der Waals surface area (Å²) in [5.41, 5.74) is 2.41. The van der Waals surface area contributed by atoms with Gasteiger partial charge in [-0.3, -0.25) is 0 Å². The molecule has 0 saturated carbocycles. The molecule has 0 aliphatic rings. The Labute approximate surface area is 122 Å². The molecule has 0 aromatic heterocycles. The molecule has 1 unspecified atom stereocenters. The van der Waals surface area contributed by atoms with Crippen LogP contribution in [-0.2, 0) is 6.42 Å². The van der Waals surface area contributed by atoms with Crippen LogP contribution >= 0.6 is 15.9 Å². The van der Waals surface area contributed by atoms with Gasteiger partial charge < -0.3 is 5.32 Å². The quantitative estimate of drug-likeness (QED) is 0.856. The normalized spacial score (nSPS) is 12.4. The molecule has 1 N–H and O–H groups in total. The van der Waals surface area contributed by atoms with Crippen molar-refractivity contribution >= 4 is 15.9 Å². The van der Waals surface area contributed by atoms with E-state index in [1.54, 1.807) is 0 Å². The van der Waals surface area contributed by atoms with Crippen LogP contribution in [0.3, 0.4) is 0 Å². The number of rotatable bonds is 5. The molecule has 0 fully saturated rings. The van der Waals surface area contributed by atoms with Crippen LogP contribution in [0.2, 0.25) is 0 Å². The van der Waals surface area contributed by atoms with Crippen LogP contribution in [0.1, 0.15) is 24.1 Å². The van der Waals surface area contributed by atoms with Crippen LogP contribution in [-0.4, -0.2) is 6.54 Å². The molecule has 1 atom stereocenters. The predicted octanol–water partition coefficient (Wildman–Crippen LogP) is 4.48. The van der Waals surface area contributed by atoms with Gasteiger partial charge in [-0.1, -0.05) is 36.4 Å². The van der Waals surface area contributed by atoms with Gasteiger partial charge in [0.25, 0.3) is 0 Å². The Morgan fingerprint density at radius 2 is 1.89 bits per heavy atom. The minimum Gasteiger partial charge on any atom is -0.310 e. The fraction of sp³-hybridized carbons (Fsp3) is 0.250. The van der Waals surface area contributed by atoms with E-state index in [0.717, 1.165) is 18.5 Å². The maximum absolute atomic E-state index is 13.2. The van der Waals surface area contributed by atoms with Gasteiger partial charge >= 0.3 is 0 Å². The molecule has 2 aromatic rings. The molecule has 0 radical (unpaired) electrons. The zero-order valence-corrected chi connectivity index (χ0v) is 12.5. The van der Waals surface area contributed by atoms with E-state index in [4.69, 9.17) is 0 Å². The molecule has 100 valence electrons. The Balaban J connectivity index is 1.87. The van der Waals surface area contributed by atoms with E-state index in [2.05, 4.69) is 52.4 Å². The highest BCUT2D eigenvalue weighted by Crippen LogP contribution is 2.21. The number of halogens is 2. The van der Waals surface area contributed by atoms with Crippen molar-refractivity contribution in [1.82, 2.24) is 5.32 Å². The van der Waals surface area contributed by atoms with Crippen molar-refractivity contribution < 1.29 is 4.39 Å². The van der Waals surface area contributed by atoms with E-state index in [0.29, 0.717) is 4.47 Å². The third kappa shape index (κ3) is 4.15. The van der Waals surface area contributed by atoms with Crippen LogP contribution < -0.4 is 5.32 Å². The maximum atomic E-state index is 13.2. The predicted molar refractivity (Wildman–Crippen MR) is 80.7 cm³/mol. The molecule has 2 aromatic carbocycles. The van der Waals surface area contributed by atoms with Crippen molar-refractivity contribution in [2.45, 2.75) is 19.4 Å². The summed E-state index contributed by atoms with van der Waals surface area (Å²) in [5.74, 6) is -0.222. The molecule has 0 amide bonds. The Hall–Kier alpha value is -1.19. The molecule has 3 heteroatoms. The molecular formula is C16H17BrFN. The molecule has 0 heterocycles. The first-order valence-corrected chi connectivity index (χ1v) is 7.18. The third-order valence-electron chi connectivity index (χ3n) is 3.15. The van der Waals surface area contributed by atoms with Gasteiger partial charge in [-0.25, -0.2) is 4.39 Å². The van der Waals surface area contributed by atoms with E-state index in [1.807, 2.05) is 18.2 Å². The molecule has 0 aliphatic carbocycles. The topological polar surface area (TPSA) is 12.0 Å². The molecule has 2 rings (SSSR count). The summed E-state index contributed by atoms with van der Waals surface area (Å²) in [5, 5.41) is 3.45. The van der Waals surface area contributed by atoms with Crippen LogP contribution in [0.4, 0.5) is 4.39 Å². The van der Waals surface area contributed by atoms with Gasteiger partial charge in [-0.2, -0.15) is 0 Å². The van der Waals surface area contributed by atoms with Crippen LogP contribution in [0.15, 0.2) is 53.0 Å². The minimum absolute atomic E-state index is 0.209. The van der Waals surface area contributed by atoms with Gasteiger partial charge in [0.15, 0.2) is 0 Å². The van der Waals surface area contributed by atoms with Crippen molar-refractivity contribution in [3.8, 4) is 0 Å². The first kappa shape index (κ1) is 14.2. The second-order valence-corrected chi connectivity index (χ2v) is 5.44. The van der Waals surface area contributed by atoms with Gasteiger partial charge in [0.1, 0.15) is 5.82 Å². The van der Waals surface area contributed by atoms with Crippen LogP contribution in [0.25, 0.3) is 0 Å². The number of hydrogen-bond acceptors (Lipinski definition) is 1. The van der Waals surface area contributed by atoms with Gasteiger partial charge in [0.05, 0.1) is 4.47 Å². The third-order valence-corrected chi connectivity index (χ3v) is 3.76. The van der Waals surface area contributed by atoms with E-state index < -0.39 is 0 Å². The van der Waals surface area contributed by atoms with Crippen molar-refractivity contribution in [3.63, 3.8) is 0 Å². The Morgan fingerprint density at radius 3 is 2.58 bits per heavy atom. The van der Waals surface area contributed by atoms with Crippen molar-refractivity contribution in [3.05, 3.63) is 69.9 Å². The lowest BCUT2D eigenvalue weighted by Gasteiger charge is -2.14. The summed E-state index contributed by atoms with van der Waals surface area (Å²) in [4.78, 5) is 0. The number of nitrogens with one attached hydrogen (secondary N) is 1. The standard InChI is InChI=1S/C16H17BrFN/c1-12(14-7-8-16(18)15(17)11-14)19-10-9-13-5-3-2-4-6-13/h2-8,11-12,19H,9-10H2,1H3. The van der Waals surface area contributed by atoms with Crippen LogP contribution in [0, 0.1) is 5.82 Å². The fourth-order valence-electron chi connectivity index (χ4n) is 1.98. The zero-order valence-electron chi connectivity index (χ0n) is 10.9. The summed E-state index contributed by atoms with van der Waals surface area (Å²) in [6.45, 7) is 2.99. The molecule has 1 nitrogen and oxygen atoms in total. The molecule has 0 spiro atoms. The Kier molecular flexibility index (Phi) is 5.11. The monoisotopic (exact) mass is 321 g/mol. The summed E-state index contributed by atoms with van der Waals surface area (Å²) in [6, 6.07) is 15.7. The Morgan fingerprint density at radius 1 is 1.16 bits per heavy atom. The number of benzene rings is 2. The average molecular weight is 322 g/mol. The SMILES string of the molecule is CC(NCCc1ccccc1)c1ccc(F)c(Br)c1. The number of hydrogen-bond donors (Lipinski definition) is 1. The van der Waals surface area contributed by atoms with Crippen molar-refractivity contribution in [1.29, 1.82) is 0 Å². The van der Waals surface area contributed by atoms with E-state index in [1.165, 1.54) is 11.6 Å². The second kappa shape index (κ2) is 6.83. The van der Waals surface area contributed by atoms with E-state index >= 15 is 0 Å². The highest BCUT2D eigenvalue weighted by Gasteiger charge is 2.07. The zero-order chi connectivity index (χ0) is 13.7. The fourth-order valence-corrected chi connectivity index (χ4v) is 2.37. The second-order valence-electron chi connectivity index (χ2n) is 4.58. The van der Waals surface area contributed by atoms with E-state index in [-0.39, 0.29) is 11.9 Å².